The molecule has 0 aliphatic heterocycles. The molecule has 0 radical (unpaired) electrons. The molecule has 0 aliphatic carbocycles. The number of alkyl halides is 3. The third-order valence-corrected chi connectivity index (χ3v) is 3.04. The summed E-state index contributed by atoms with van der Waals surface area (Å²) < 4.78 is 39.7. The third-order valence-electron chi connectivity index (χ3n) is 2.81. The van der Waals surface area contributed by atoms with Crippen molar-refractivity contribution in [2.24, 2.45) is 0 Å². The Hall–Kier alpha value is -2.08. The van der Waals surface area contributed by atoms with Crippen molar-refractivity contribution in [3.63, 3.8) is 0 Å². The van der Waals surface area contributed by atoms with Crippen LogP contribution in [0.25, 0.3) is 17.0 Å². The van der Waals surface area contributed by atoms with Gasteiger partial charge >= 0.3 is 6.18 Å². The maximum absolute atomic E-state index is 12.7. The Morgan fingerprint density at radius 3 is 2.60 bits per heavy atom. The van der Waals surface area contributed by atoms with Gasteiger partial charge in [0.05, 0.1) is 10.6 Å². The van der Waals surface area contributed by atoms with Gasteiger partial charge in [-0.3, -0.25) is 4.40 Å². The van der Waals surface area contributed by atoms with Gasteiger partial charge in [-0.25, -0.2) is 0 Å². The first kappa shape index (κ1) is 12.9. The number of aromatic nitrogens is 3. The average molecular weight is 298 g/mol. The Labute approximate surface area is 116 Å². The number of hydrogen-bond acceptors (Lipinski definition) is 2. The average Bonchev–Trinajstić information content (AvgIpc) is 2.81. The van der Waals surface area contributed by atoms with E-state index in [0.29, 0.717) is 22.1 Å². The van der Waals surface area contributed by atoms with E-state index < -0.39 is 11.7 Å². The minimum absolute atomic E-state index is 0.314. The van der Waals surface area contributed by atoms with Crippen molar-refractivity contribution in [1.29, 1.82) is 0 Å². The molecule has 0 aliphatic rings. The Balaban J connectivity index is 2.18. The van der Waals surface area contributed by atoms with Crippen molar-refractivity contribution in [2.45, 2.75) is 6.18 Å². The smallest absolute Gasteiger partial charge is 0.281 e. The third kappa shape index (κ3) is 2.22. The molecule has 0 N–H and O–H groups in total. The fourth-order valence-electron chi connectivity index (χ4n) is 1.90. The minimum Gasteiger partial charge on any atom is -0.281 e. The number of pyridine rings is 1. The lowest BCUT2D eigenvalue weighted by molar-refractivity contribution is -0.137. The summed E-state index contributed by atoms with van der Waals surface area (Å²) in [6.07, 6.45) is -2.83. The molecule has 2 aromatic heterocycles. The Bertz CT molecular complexity index is 780. The van der Waals surface area contributed by atoms with Crippen molar-refractivity contribution in [2.75, 3.05) is 0 Å². The van der Waals surface area contributed by atoms with E-state index in [1.165, 1.54) is 6.07 Å². The van der Waals surface area contributed by atoms with Crippen LogP contribution in [0.15, 0.2) is 42.6 Å². The number of benzene rings is 1. The lowest BCUT2D eigenvalue weighted by atomic mass is 10.1. The van der Waals surface area contributed by atoms with E-state index in [2.05, 4.69) is 10.2 Å². The molecule has 0 unspecified atom stereocenters. The van der Waals surface area contributed by atoms with Gasteiger partial charge in [0, 0.05) is 11.8 Å². The Morgan fingerprint density at radius 1 is 1.05 bits per heavy atom. The van der Waals surface area contributed by atoms with Crippen molar-refractivity contribution >= 4 is 17.2 Å². The Morgan fingerprint density at radius 2 is 1.85 bits per heavy atom. The molecule has 3 rings (SSSR count). The van der Waals surface area contributed by atoms with E-state index in [9.17, 15) is 13.2 Å². The van der Waals surface area contributed by atoms with Crippen LogP contribution in [0.3, 0.4) is 0 Å². The predicted molar refractivity (Wildman–Crippen MR) is 68.4 cm³/mol. The van der Waals surface area contributed by atoms with Crippen LogP contribution in [0, 0.1) is 0 Å². The number of nitrogens with zero attached hydrogens (tertiary/aromatic N) is 3. The van der Waals surface area contributed by atoms with Crippen LogP contribution in [0.1, 0.15) is 5.56 Å². The minimum atomic E-state index is -4.39. The molecular formula is C13H7ClF3N3. The normalized spacial score (nSPS) is 12.0. The van der Waals surface area contributed by atoms with Crippen molar-refractivity contribution in [3.05, 3.63) is 53.2 Å². The molecule has 20 heavy (non-hydrogen) atoms. The monoisotopic (exact) mass is 297 g/mol. The molecular weight excluding hydrogens is 291 g/mol. The van der Waals surface area contributed by atoms with Gasteiger partial charge in [-0.2, -0.15) is 13.2 Å². The van der Waals surface area contributed by atoms with E-state index in [-0.39, 0.29) is 0 Å². The first-order chi connectivity index (χ1) is 9.45. The van der Waals surface area contributed by atoms with E-state index in [0.717, 1.165) is 12.1 Å². The molecule has 0 bridgehead atoms. The second-order valence-electron chi connectivity index (χ2n) is 4.18. The SMILES string of the molecule is FC(F)(F)c1cccc(-c2nnc3ccc(Cl)cn23)c1. The summed E-state index contributed by atoms with van der Waals surface area (Å²) in [6.45, 7) is 0. The number of fused-ring (bicyclic) bond motifs is 1. The van der Waals surface area contributed by atoms with Crippen LogP contribution in [-0.4, -0.2) is 14.6 Å². The Kier molecular flexibility index (Phi) is 2.90. The van der Waals surface area contributed by atoms with Crippen molar-refractivity contribution in [1.82, 2.24) is 14.6 Å². The summed E-state index contributed by atoms with van der Waals surface area (Å²) in [5, 5.41) is 8.27. The molecule has 0 spiro atoms. The highest BCUT2D eigenvalue weighted by Gasteiger charge is 2.30. The molecule has 102 valence electrons. The zero-order valence-electron chi connectivity index (χ0n) is 9.89. The van der Waals surface area contributed by atoms with Gasteiger partial charge in [-0.1, -0.05) is 23.7 Å². The summed E-state index contributed by atoms with van der Waals surface area (Å²) in [5.74, 6) is 0.314. The quantitative estimate of drug-likeness (QED) is 0.678. The second kappa shape index (κ2) is 4.49. The molecule has 3 aromatic rings. The van der Waals surface area contributed by atoms with E-state index >= 15 is 0 Å². The fourth-order valence-corrected chi connectivity index (χ4v) is 2.06. The van der Waals surface area contributed by atoms with Crippen LogP contribution in [-0.2, 0) is 6.18 Å². The first-order valence-corrected chi connectivity index (χ1v) is 6.01. The highest BCUT2D eigenvalue weighted by Crippen LogP contribution is 2.31. The van der Waals surface area contributed by atoms with Gasteiger partial charge in [0.15, 0.2) is 11.5 Å². The van der Waals surface area contributed by atoms with Crippen LogP contribution in [0.4, 0.5) is 13.2 Å². The van der Waals surface area contributed by atoms with Crippen LogP contribution in [0.5, 0.6) is 0 Å². The molecule has 3 nitrogen and oxygen atoms in total. The van der Waals surface area contributed by atoms with Gasteiger partial charge in [-0.05, 0) is 24.3 Å². The van der Waals surface area contributed by atoms with Gasteiger partial charge < -0.3 is 0 Å². The lowest BCUT2D eigenvalue weighted by Crippen LogP contribution is -2.04. The number of rotatable bonds is 1. The molecule has 0 fully saturated rings. The zero-order chi connectivity index (χ0) is 14.3. The molecule has 0 amide bonds. The van der Waals surface area contributed by atoms with Gasteiger partial charge in [0.25, 0.3) is 0 Å². The summed E-state index contributed by atoms with van der Waals surface area (Å²) in [6, 6.07) is 8.22. The van der Waals surface area contributed by atoms with E-state index in [1.54, 1.807) is 28.8 Å². The van der Waals surface area contributed by atoms with E-state index in [1.807, 2.05) is 0 Å². The number of hydrogen-bond donors (Lipinski definition) is 0. The summed E-state index contributed by atoms with van der Waals surface area (Å²) in [5.41, 5.74) is 0.116. The largest absolute Gasteiger partial charge is 0.416 e. The highest BCUT2D eigenvalue weighted by molar-refractivity contribution is 6.30. The molecule has 0 saturated carbocycles. The predicted octanol–water partition coefficient (Wildman–Crippen LogP) is 4.07. The standard InChI is InChI=1S/C13H7ClF3N3/c14-10-4-5-11-18-19-12(20(11)7-10)8-2-1-3-9(6-8)13(15,16)17/h1-7H. The van der Waals surface area contributed by atoms with Crippen LogP contribution in [0.2, 0.25) is 5.02 Å². The highest BCUT2D eigenvalue weighted by atomic mass is 35.5. The molecule has 0 saturated heterocycles. The van der Waals surface area contributed by atoms with Gasteiger partial charge in [0.1, 0.15) is 0 Å². The summed E-state index contributed by atoms with van der Waals surface area (Å²) in [7, 11) is 0. The molecule has 0 atom stereocenters. The molecule has 1 aromatic carbocycles. The van der Waals surface area contributed by atoms with E-state index in [4.69, 9.17) is 11.6 Å². The molecule has 2 heterocycles. The summed E-state index contributed by atoms with van der Waals surface area (Å²) >= 11 is 5.88. The molecule has 7 heteroatoms. The lowest BCUT2D eigenvalue weighted by Gasteiger charge is -2.07. The van der Waals surface area contributed by atoms with Crippen LogP contribution < -0.4 is 0 Å². The fraction of sp³-hybridized carbons (Fsp3) is 0.0769. The number of halogens is 4. The first-order valence-electron chi connectivity index (χ1n) is 5.63. The summed E-state index contributed by atoms with van der Waals surface area (Å²) in [4.78, 5) is 0. The maximum atomic E-state index is 12.7. The van der Waals surface area contributed by atoms with Gasteiger partial charge in [-0.15, -0.1) is 10.2 Å². The zero-order valence-corrected chi connectivity index (χ0v) is 10.7. The van der Waals surface area contributed by atoms with Crippen molar-refractivity contribution in [3.8, 4) is 11.4 Å². The second-order valence-corrected chi connectivity index (χ2v) is 4.61. The topological polar surface area (TPSA) is 30.2 Å². The van der Waals surface area contributed by atoms with Gasteiger partial charge in [0.2, 0.25) is 0 Å². The maximum Gasteiger partial charge on any atom is 0.416 e. The van der Waals surface area contributed by atoms with Crippen LogP contribution >= 0.6 is 11.6 Å². The van der Waals surface area contributed by atoms with Crippen molar-refractivity contribution < 1.29 is 13.2 Å².